The molecule has 3 aliphatic rings. The van der Waals surface area contributed by atoms with Crippen molar-refractivity contribution in [2.24, 2.45) is 5.92 Å². The topological polar surface area (TPSA) is 18.5 Å². The van der Waals surface area contributed by atoms with Gasteiger partial charge in [0.15, 0.2) is 0 Å². The lowest BCUT2D eigenvalue weighted by molar-refractivity contribution is 0.195. The molecule has 110 valence electrons. The third-order valence-corrected chi connectivity index (χ3v) is 5.61. The number of rotatable bonds is 2. The van der Waals surface area contributed by atoms with E-state index in [1.807, 2.05) is 0 Å². The molecule has 3 saturated heterocycles. The second-order valence-electron chi connectivity index (χ2n) is 7.13. The van der Waals surface area contributed by atoms with Gasteiger partial charge in [0.25, 0.3) is 0 Å². The highest BCUT2D eigenvalue weighted by Crippen LogP contribution is 2.29. The van der Waals surface area contributed by atoms with Crippen LogP contribution in [0.1, 0.15) is 46.0 Å². The Morgan fingerprint density at radius 2 is 1.89 bits per heavy atom. The zero-order chi connectivity index (χ0) is 13.2. The molecule has 0 saturated carbocycles. The predicted octanol–water partition coefficient (Wildman–Crippen LogP) is 1.93. The minimum absolute atomic E-state index is 0.724. The van der Waals surface area contributed by atoms with Crippen molar-refractivity contribution < 1.29 is 0 Å². The summed E-state index contributed by atoms with van der Waals surface area (Å²) in [5, 5.41) is 3.74. The van der Waals surface area contributed by atoms with E-state index in [1.54, 1.807) is 0 Å². The first-order valence-electron chi connectivity index (χ1n) is 8.45. The summed E-state index contributed by atoms with van der Waals surface area (Å²) in [6, 6.07) is 2.39. The standard InChI is InChI=1S/C16H31N3/c1-13(2)18-9-4-6-15(7-10-18)19-11-14-5-3-8-17-16(14)12-19/h13-17H,3-12H2,1-2H3/t14-,15?,16+/m0/s1. The van der Waals surface area contributed by atoms with Gasteiger partial charge in [0.05, 0.1) is 0 Å². The Balaban J connectivity index is 1.55. The first kappa shape index (κ1) is 13.8. The van der Waals surface area contributed by atoms with Gasteiger partial charge in [-0.1, -0.05) is 0 Å². The third-order valence-electron chi connectivity index (χ3n) is 5.61. The summed E-state index contributed by atoms with van der Waals surface area (Å²) >= 11 is 0. The smallest absolute Gasteiger partial charge is 0.0235 e. The Bertz CT molecular complexity index is 278. The minimum atomic E-state index is 0.724. The highest BCUT2D eigenvalue weighted by molar-refractivity contribution is 4.94. The SMILES string of the molecule is CC(C)N1CCCC(N2C[C@@H]3CCCN[C@@H]3C2)CC1. The van der Waals surface area contributed by atoms with Crippen LogP contribution in [0, 0.1) is 5.92 Å². The molecule has 3 fully saturated rings. The molecule has 1 N–H and O–H groups in total. The van der Waals surface area contributed by atoms with Crippen LogP contribution in [0.15, 0.2) is 0 Å². The molecule has 3 nitrogen and oxygen atoms in total. The Morgan fingerprint density at radius 1 is 1.00 bits per heavy atom. The van der Waals surface area contributed by atoms with E-state index in [0.29, 0.717) is 0 Å². The summed E-state index contributed by atoms with van der Waals surface area (Å²) in [6.45, 7) is 11.2. The zero-order valence-corrected chi connectivity index (χ0v) is 12.8. The Hall–Kier alpha value is -0.120. The van der Waals surface area contributed by atoms with Gasteiger partial charge < -0.3 is 10.2 Å². The van der Waals surface area contributed by atoms with Crippen LogP contribution in [0.2, 0.25) is 0 Å². The van der Waals surface area contributed by atoms with E-state index < -0.39 is 0 Å². The van der Waals surface area contributed by atoms with Crippen molar-refractivity contribution in [3.05, 3.63) is 0 Å². The number of hydrogen-bond donors (Lipinski definition) is 1. The second kappa shape index (κ2) is 6.11. The minimum Gasteiger partial charge on any atom is -0.312 e. The van der Waals surface area contributed by atoms with Gasteiger partial charge in [0.2, 0.25) is 0 Å². The number of piperidine rings is 1. The molecule has 3 heteroatoms. The third kappa shape index (κ3) is 3.14. The van der Waals surface area contributed by atoms with Gasteiger partial charge in [0.1, 0.15) is 0 Å². The monoisotopic (exact) mass is 265 g/mol. The van der Waals surface area contributed by atoms with Crippen LogP contribution in [0.5, 0.6) is 0 Å². The van der Waals surface area contributed by atoms with Gasteiger partial charge in [-0.2, -0.15) is 0 Å². The van der Waals surface area contributed by atoms with Crippen LogP contribution in [-0.4, -0.2) is 60.6 Å². The Labute approximate surface area is 118 Å². The molecule has 0 aromatic rings. The first-order valence-corrected chi connectivity index (χ1v) is 8.45. The van der Waals surface area contributed by atoms with E-state index in [2.05, 4.69) is 29.0 Å². The largest absolute Gasteiger partial charge is 0.312 e. The fraction of sp³-hybridized carbons (Fsp3) is 1.00. The summed E-state index contributed by atoms with van der Waals surface area (Å²) < 4.78 is 0. The number of hydrogen-bond acceptors (Lipinski definition) is 3. The molecular weight excluding hydrogens is 234 g/mol. The molecule has 3 aliphatic heterocycles. The second-order valence-corrected chi connectivity index (χ2v) is 7.13. The fourth-order valence-electron chi connectivity index (χ4n) is 4.36. The van der Waals surface area contributed by atoms with E-state index >= 15 is 0 Å². The lowest BCUT2D eigenvalue weighted by Gasteiger charge is -2.28. The molecule has 0 amide bonds. The molecular formula is C16H31N3. The van der Waals surface area contributed by atoms with Gasteiger partial charge in [0, 0.05) is 31.2 Å². The number of nitrogens with zero attached hydrogens (tertiary/aromatic N) is 2. The molecule has 1 unspecified atom stereocenters. The Morgan fingerprint density at radius 3 is 2.68 bits per heavy atom. The first-order chi connectivity index (χ1) is 9.24. The van der Waals surface area contributed by atoms with Gasteiger partial charge in [-0.25, -0.2) is 0 Å². The molecule has 0 spiro atoms. The van der Waals surface area contributed by atoms with Gasteiger partial charge in [-0.15, -0.1) is 0 Å². The Kier molecular flexibility index (Phi) is 4.45. The lowest BCUT2D eigenvalue weighted by Crippen LogP contribution is -2.41. The maximum Gasteiger partial charge on any atom is 0.0235 e. The zero-order valence-electron chi connectivity index (χ0n) is 12.8. The average molecular weight is 265 g/mol. The van der Waals surface area contributed by atoms with Crippen LogP contribution in [0.25, 0.3) is 0 Å². The summed E-state index contributed by atoms with van der Waals surface area (Å²) in [6.07, 6.45) is 7.04. The van der Waals surface area contributed by atoms with Crippen molar-refractivity contribution >= 4 is 0 Å². The van der Waals surface area contributed by atoms with E-state index in [4.69, 9.17) is 0 Å². The molecule has 3 rings (SSSR count). The van der Waals surface area contributed by atoms with Crippen LogP contribution in [0.4, 0.5) is 0 Å². The average Bonchev–Trinajstić information content (AvgIpc) is 2.67. The van der Waals surface area contributed by atoms with Crippen LogP contribution < -0.4 is 5.32 Å². The van der Waals surface area contributed by atoms with Crippen molar-refractivity contribution in [1.82, 2.24) is 15.1 Å². The summed E-state index contributed by atoms with van der Waals surface area (Å²) in [4.78, 5) is 5.48. The number of likely N-dealkylation sites (tertiary alicyclic amines) is 2. The highest BCUT2D eigenvalue weighted by atomic mass is 15.2. The molecule has 19 heavy (non-hydrogen) atoms. The van der Waals surface area contributed by atoms with E-state index in [-0.39, 0.29) is 0 Å². The van der Waals surface area contributed by atoms with Crippen molar-refractivity contribution in [1.29, 1.82) is 0 Å². The maximum absolute atomic E-state index is 3.74. The fourth-order valence-corrected chi connectivity index (χ4v) is 4.36. The van der Waals surface area contributed by atoms with Crippen LogP contribution >= 0.6 is 0 Å². The summed E-state index contributed by atoms with van der Waals surface area (Å²) in [5.41, 5.74) is 0. The maximum atomic E-state index is 3.74. The molecule has 3 heterocycles. The van der Waals surface area contributed by atoms with Crippen molar-refractivity contribution in [3.8, 4) is 0 Å². The molecule has 0 aromatic heterocycles. The van der Waals surface area contributed by atoms with Crippen molar-refractivity contribution in [2.75, 3.05) is 32.7 Å². The van der Waals surface area contributed by atoms with Crippen molar-refractivity contribution in [3.63, 3.8) is 0 Å². The van der Waals surface area contributed by atoms with Crippen LogP contribution in [0.3, 0.4) is 0 Å². The molecule has 0 aromatic carbocycles. The number of nitrogens with one attached hydrogen (secondary N) is 1. The molecule has 3 atom stereocenters. The van der Waals surface area contributed by atoms with E-state index in [9.17, 15) is 0 Å². The van der Waals surface area contributed by atoms with Gasteiger partial charge >= 0.3 is 0 Å². The van der Waals surface area contributed by atoms with Gasteiger partial charge in [-0.3, -0.25) is 4.90 Å². The predicted molar refractivity (Wildman–Crippen MR) is 80.4 cm³/mol. The highest BCUT2D eigenvalue weighted by Gasteiger charge is 2.37. The quantitative estimate of drug-likeness (QED) is 0.823. The van der Waals surface area contributed by atoms with Crippen LogP contribution in [-0.2, 0) is 0 Å². The molecule has 0 radical (unpaired) electrons. The van der Waals surface area contributed by atoms with Gasteiger partial charge in [-0.05, 0) is 71.5 Å². The molecule has 0 bridgehead atoms. The van der Waals surface area contributed by atoms with Crippen molar-refractivity contribution in [2.45, 2.75) is 64.1 Å². The normalized spacial score (nSPS) is 38.4. The lowest BCUT2D eigenvalue weighted by atomic mass is 9.94. The summed E-state index contributed by atoms with van der Waals surface area (Å²) in [5.74, 6) is 0.943. The van der Waals surface area contributed by atoms with E-state index in [0.717, 1.165) is 24.0 Å². The number of fused-ring (bicyclic) bond motifs is 1. The summed E-state index contributed by atoms with van der Waals surface area (Å²) in [7, 11) is 0. The van der Waals surface area contributed by atoms with E-state index in [1.165, 1.54) is 64.8 Å². The molecule has 0 aliphatic carbocycles.